The maximum Gasteiger partial charge on any atom is 0.0794 e. The van der Waals surface area contributed by atoms with Gasteiger partial charge < -0.3 is 5.32 Å². The first kappa shape index (κ1) is 8.68. The Morgan fingerprint density at radius 3 is 3.09 bits per heavy atom. The van der Waals surface area contributed by atoms with Gasteiger partial charge in [0.2, 0.25) is 0 Å². The highest BCUT2D eigenvalue weighted by molar-refractivity contribution is 7.09. The van der Waals surface area contributed by atoms with E-state index in [2.05, 4.69) is 17.2 Å². The molecule has 1 unspecified atom stereocenters. The van der Waals surface area contributed by atoms with E-state index in [-0.39, 0.29) is 0 Å². The number of hydrogen-bond donors (Lipinski definition) is 1. The van der Waals surface area contributed by atoms with Gasteiger partial charge in [0.25, 0.3) is 0 Å². The third kappa shape index (κ3) is 2.99. The second kappa shape index (κ2) is 4.46. The number of aromatic nitrogens is 1. The summed E-state index contributed by atoms with van der Waals surface area (Å²) in [7, 11) is 2.00. The molecule has 1 N–H and O–H groups in total. The topological polar surface area (TPSA) is 24.9 Å². The van der Waals surface area contributed by atoms with Crippen LogP contribution in [0.1, 0.15) is 18.2 Å². The summed E-state index contributed by atoms with van der Waals surface area (Å²) in [5, 5.41) is 3.21. The van der Waals surface area contributed by atoms with E-state index in [4.69, 9.17) is 0 Å². The normalized spacial score (nSPS) is 13.3. The molecule has 1 aromatic heterocycles. The van der Waals surface area contributed by atoms with Crippen LogP contribution in [0.4, 0.5) is 0 Å². The first-order chi connectivity index (χ1) is 5.33. The van der Waals surface area contributed by atoms with E-state index in [1.54, 1.807) is 11.3 Å². The molecule has 62 valence electrons. The quantitative estimate of drug-likeness (QED) is 0.743. The molecule has 1 aromatic rings. The van der Waals surface area contributed by atoms with Gasteiger partial charge in [0.15, 0.2) is 0 Å². The number of nitrogens with one attached hydrogen (secondary N) is 1. The molecule has 0 amide bonds. The van der Waals surface area contributed by atoms with Crippen LogP contribution in [0.3, 0.4) is 0 Å². The number of hydrogen-bond acceptors (Lipinski definition) is 3. The van der Waals surface area contributed by atoms with Crippen LogP contribution < -0.4 is 5.32 Å². The Morgan fingerprint density at radius 2 is 2.55 bits per heavy atom. The summed E-state index contributed by atoms with van der Waals surface area (Å²) in [4.78, 5) is 5.41. The van der Waals surface area contributed by atoms with E-state index in [1.165, 1.54) is 11.3 Å². The minimum absolute atomic E-state index is 0.608. The lowest BCUT2D eigenvalue weighted by Crippen LogP contribution is -2.21. The molecule has 0 aliphatic heterocycles. The van der Waals surface area contributed by atoms with Gasteiger partial charge in [-0.1, -0.05) is 0 Å². The maximum absolute atomic E-state index is 4.02. The molecule has 0 spiro atoms. The van der Waals surface area contributed by atoms with Crippen molar-refractivity contribution in [3.05, 3.63) is 16.6 Å². The lowest BCUT2D eigenvalue weighted by molar-refractivity contribution is 0.567. The Labute approximate surface area is 71.7 Å². The second-order valence-electron chi connectivity index (χ2n) is 2.70. The Bertz CT molecular complexity index is 184. The Morgan fingerprint density at radius 1 is 1.73 bits per heavy atom. The predicted molar refractivity (Wildman–Crippen MR) is 49.0 cm³/mol. The Hall–Kier alpha value is -0.410. The van der Waals surface area contributed by atoms with Crippen LogP contribution in [0.15, 0.2) is 11.7 Å². The van der Waals surface area contributed by atoms with Crippen molar-refractivity contribution in [3.63, 3.8) is 0 Å². The zero-order chi connectivity index (χ0) is 8.10. The van der Waals surface area contributed by atoms with Gasteiger partial charge in [-0.05, 0) is 26.8 Å². The molecule has 0 saturated carbocycles. The van der Waals surface area contributed by atoms with Crippen molar-refractivity contribution in [2.24, 2.45) is 0 Å². The molecular weight excluding hydrogens is 156 g/mol. The molecule has 0 aliphatic rings. The van der Waals surface area contributed by atoms with Crippen LogP contribution >= 0.6 is 11.3 Å². The molecule has 1 rings (SSSR count). The monoisotopic (exact) mass is 170 g/mol. The van der Waals surface area contributed by atoms with Crippen molar-refractivity contribution in [2.75, 3.05) is 7.05 Å². The van der Waals surface area contributed by atoms with Crippen molar-refractivity contribution in [2.45, 2.75) is 25.8 Å². The van der Waals surface area contributed by atoms with Crippen LogP contribution in [-0.4, -0.2) is 18.1 Å². The molecule has 0 radical (unpaired) electrons. The fourth-order valence-corrected chi connectivity index (χ4v) is 1.48. The highest BCUT2D eigenvalue weighted by atomic mass is 32.1. The van der Waals surface area contributed by atoms with Crippen molar-refractivity contribution in [1.82, 2.24) is 10.3 Å². The second-order valence-corrected chi connectivity index (χ2v) is 3.67. The van der Waals surface area contributed by atoms with Crippen LogP contribution in [0.2, 0.25) is 0 Å². The molecule has 2 nitrogen and oxygen atoms in total. The summed E-state index contributed by atoms with van der Waals surface area (Å²) < 4.78 is 0. The first-order valence-corrected chi connectivity index (χ1v) is 4.75. The summed E-state index contributed by atoms with van der Waals surface area (Å²) >= 11 is 1.74. The van der Waals surface area contributed by atoms with E-state index < -0.39 is 0 Å². The molecule has 0 aliphatic carbocycles. The van der Waals surface area contributed by atoms with Gasteiger partial charge in [0.05, 0.1) is 5.51 Å². The Balaban J connectivity index is 2.23. The van der Waals surface area contributed by atoms with E-state index in [0.717, 1.165) is 6.42 Å². The summed E-state index contributed by atoms with van der Waals surface area (Å²) in [5.41, 5.74) is 1.89. The molecule has 3 heteroatoms. The number of thiazole rings is 1. The SMILES string of the molecule is CNC(C)CCc1cncs1. The average Bonchev–Trinajstić information content (AvgIpc) is 2.52. The van der Waals surface area contributed by atoms with Crippen LogP contribution in [0, 0.1) is 0 Å². The molecule has 1 atom stereocenters. The number of aryl methyl sites for hydroxylation is 1. The first-order valence-electron chi connectivity index (χ1n) is 3.87. The van der Waals surface area contributed by atoms with Crippen molar-refractivity contribution in [1.29, 1.82) is 0 Å². The van der Waals surface area contributed by atoms with Gasteiger partial charge in [0.1, 0.15) is 0 Å². The molecule has 1 heterocycles. The van der Waals surface area contributed by atoms with Gasteiger partial charge in [-0.2, -0.15) is 0 Å². The van der Waals surface area contributed by atoms with Crippen LogP contribution in [0.5, 0.6) is 0 Å². The van der Waals surface area contributed by atoms with E-state index in [9.17, 15) is 0 Å². The van der Waals surface area contributed by atoms with Gasteiger partial charge in [-0.15, -0.1) is 11.3 Å². The van der Waals surface area contributed by atoms with Gasteiger partial charge in [0, 0.05) is 17.1 Å². The molecule has 11 heavy (non-hydrogen) atoms. The molecule has 0 aromatic carbocycles. The largest absolute Gasteiger partial charge is 0.317 e. The number of nitrogens with zero attached hydrogens (tertiary/aromatic N) is 1. The predicted octanol–water partition coefficient (Wildman–Crippen LogP) is 1.68. The van der Waals surface area contributed by atoms with Gasteiger partial charge >= 0.3 is 0 Å². The summed E-state index contributed by atoms with van der Waals surface area (Å²) in [5.74, 6) is 0. The van der Waals surface area contributed by atoms with Crippen molar-refractivity contribution < 1.29 is 0 Å². The van der Waals surface area contributed by atoms with E-state index in [1.807, 2.05) is 18.8 Å². The third-order valence-corrected chi connectivity index (χ3v) is 2.64. The summed E-state index contributed by atoms with van der Waals surface area (Å²) in [6.45, 7) is 2.20. The summed E-state index contributed by atoms with van der Waals surface area (Å²) in [6.07, 6.45) is 4.29. The minimum Gasteiger partial charge on any atom is -0.317 e. The average molecular weight is 170 g/mol. The van der Waals surface area contributed by atoms with Crippen LogP contribution in [-0.2, 0) is 6.42 Å². The fraction of sp³-hybridized carbons (Fsp3) is 0.625. The highest BCUT2D eigenvalue weighted by Gasteiger charge is 1.99. The van der Waals surface area contributed by atoms with Crippen LogP contribution in [0.25, 0.3) is 0 Å². The third-order valence-electron chi connectivity index (χ3n) is 1.80. The van der Waals surface area contributed by atoms with E-state index in [0.29, 0.717) is 6.04 Å². The number of rotatable bonds is 4. The minimum atomic E-state index is 0.608. The molecule has 0 fully saturated rings. The Kier molecular flexibility index (Phi) is 3.52. The lowest BCUT2D eigenvalue weighted by Gasteiger charge is -2.07. The van der Waals surface area contributed by atoms with E-state index >= 15 is 0 Å². The zero-order valence-corrected chi connectivity index (χ0v) is 7.82. The van der Waals surface area contributed by atoms with Gasteiger partial charge in [-0.25, -0.2) is 0 Å². The maximum atomic E-state index is 4.02. The standard InChI is InChI=1S/C8H14N2S/c1-7(9-2)3-4-8-5-10-6-11-8/h5-7,9H,3-4H2,1-2H3. The lowest BCUT2D eigenvalue weighted by atomic mass is 10.2. The zero-order valence-electron chi connectivity index (χ0n) is 7.00. The fourth-order valence-electron chi connectivity index (χ4n) is 0.869. The molecular formula is C8H14N2S. The smallest absolute Gasteiger partial charge is 0.0794 e. The van der Waals surface area contributed by atoms with Crippen molar-refractivity contribution in [3.8, 4) is 0 Å². The van der Waals surface area contributed by atoms with Gasteiger partial charge in [-0.3, -0.25) is 4.98 Å². The van der Waals surface area contributed by atoms with Crippen molar-refractivity contribution >= 4 is 11.3 Å². The summed E-state index contributed by atoms with van der Waals surface area (Å²) in [6, 6.07) is 0.608. The molecule has 0 bridgehead atoms. The highest BCUT2D eigenvalue weighted by Crippen LogP contribution is 2.09. The molecule has 0 saturated heterocycles.